The Labute approximate surface area is 594 Å². The average Bonchev–Trinajstić information content (AvgIpc) is 1.86. The van der Waals surface area contributed by atoms with Gasteiger partial charge < -0.3 is 33.8 Å². The highest BCUT2D eigenvalue weighted by Crippen LogP contribution is 2.45. The number of ether oxygens (including phenoxy) is 4. The van der Waals surface area contributed by atoms with Gasteiger partial charge in [-0.15, -0.1) is 0 Å². The molecule has 0 saturated carbocycles. The Balaban J connectivity index is 5.24. The number of carbonyl (C=O) groups excluding carboxylic acids is 4. The van der Waals surface area contributed by atoms with Crippen molar-refractivity contribution in [3.8, 4) is 0 Å². The van der Waals surface area contributed by atoms with Crippen molar-refractivity contribution in [2.75, 3.05) is 39.6 Å². The molecule has 0 aromatic heterocycles. The predicted molar refractivity (Wildman–Crippen MR) is 395 cm³/mol. The fraction of sp³-hybridized carbons (Fsp3) is 0.949. The highest BCUT2D eigenvalue weighted by atomic mass is 31.2. The van der Waals surface area contributed by atoms with Crippen LogP contribution in [0.3, 0.4) is 0 Å². The van der Waals surface area contributed by atoms with E-state index in [1.54, 1.807) is 0 Å². The number of hydrogen-bond donors (Lipinski definition) is 3. The van der Waals surface area contributed by atoms with Crippen LogP contribution in [-0.4, -0.2) is 96.7 Å². The molecule has 97 heavy (non-hydrogen) atoms. The third-order valence-electron chi connectivity index (χ3n) is 18.4. The van der Waals surface area contributed by atoms with Crippen LogP contribution in [0.1, 0.15) is 396 Å². The van der Waals surface area contributed by atoms with Crippen molar-refractivity contribution in [3.63, 3.8) is 0 Å². The molecular weight excluding hydrogens is 1270 g/mol. The predicted octanol–water partition coefficient (Wildman–Crippen LogP) is 22.8. The SMILES string of the molecule is CCC(C)CCCCCCCCC(=O)OC[C@H](COP(=O)(O)OC[C@H](O)COP(=O)(O)OC[C@@H](COC(=O)CCCCCCCCCCCCCCCCCC(C)C)OC(=O)CCCCCCCCCCCCCC(C)C)OC(=O)CCCCCCCCCCCCCCC(C)C. The molecule has 0 aromatic carbocycles. The summed E-state index contributed by atoms with van der Waals surface area (Å²) in [7, 11) is -9.92. The lowest BCUT2D eigenvalue weighted by Gasteiger charge is -2.21. The second-order valence-corrected chi connectivity index (χ2v) is 32.7. The lowest BCUT2D eigenvalue weighted by Crippen LogP contribution is -2.30. The molecule has 3 N–H and O–H groups in total. The molecule has 0 amide bonds. The normalized spacial score (nSPS) is 14.4. The number of unbranched alkanes of at least 4 members (excludes halogenated alkanes) is 40. The molecule has 0 bridgehead atoms. The third-order valence-corrected chi connectivity index (χ3v) is 20.3. The number of hydrogen-bond acceptors (Lipinski definition) is 15. The van der Waals surface area contributed by atoms with Gasteiger partial charge in [0, 0.05) is 25.7 Å². The van der Waals surface area contributed by atoms with Gasteiger partial charge in [0.15, 0.2) is 12.2 Å². The summed E-state index contributed by atoms with van der Waals surface area (Å²) in [5.74, 6) is 0.961. The van der Waals surface area contributed by atoms with Crippen LogP contribution in [-0.2, 0) is 65.4 Å². The van der Waals surface area contributed by atoms with Crippen LogP contribution in [0.4, 0.5) is 0 Å². The summed E-state index contributed by atoms with van der Waals surface area (Å²) in [6.07, 6.45) is 52.7. The first kappa shape index (κ1) is 95.1. The zero-order valence-corrected chi connectivity index (χ0v) is 65.5. The summed E-state index contributed by atoms with van der Waals surface area (Å²) in [5, 5.41) is 10.6. The van der Waals surface area contributed by atoms with E-state index in [0.29, 0.717) is 25.7 Å². The minimum atomic E-state index is -4.96. The summed E-state index contributed by atoms with van der Waals surface area (Å²) in [6.45, 7) is 14.2. The van der Waals surface area contributed by atoms with Crippen LogP contribution < -0.4 is 0 Å². The van der Waals surface area contributed by atoms with E-state index in [9.17, 15) is 43.2 Å². The number of aliphatic hydroxyl groups is 1. The zero-order valence-electron chi connectivity index (χ0n) is 63.7. The van der Waals surface area contributed by atoms with Gasteiger partial charge in [0.1, 0.15) is 19.3 Å². The molecular formula is C78H152O17P2. The van der Waals surface area contributed by atoms with Crippen molar-refractivity contribution in [3.05, 3.63) is 0 Å². The summed E-state index contributed by atoms with van der Waals surface area (Å²) in [5.41, 5.74) is 0. The largest absolute Gasteiger partial charge is 0.472 e. The van der Waals surface area contributed by atoms with Gasteiger partial charge >= 0.3 is 39.5 Å². The molecule has 0 heterocycles. The second-order valence-electron chi connectivity index (χ2n) is 29.8. The van der Waals surface area contributed by atoms with E-state index in [0.717, 1.165) is 120 Å². The van der Waals surface area contributed by atoms with Crippen molar-refractivity contribution in [2.24, 2.45) is 23.7 Å². The van der Waals surface area contributed by atoms with Gasteiger partial charge in [-0.1, -0.05) is 344 Å². The van der Waals surface area contributed by atoms with Gasteiger partial charge in [-0.25, -0.2) is 9.13 Å². The lowest BCUT2D eigenvalue weighted by molar-refractivity contribution is -0.161. The number of rotatable bonds is 75. The lowest BCUT2D eigenvalue weighted by atomic mass is 10.00. The molecule has 17 nitrogen and oxygen atoms in total. The number of carbonyl (C=O) groups is 4. The van der Waals surface area contributed by atoms with Crippen LogP contribution in [0.2, 0.25) is 0 Å². The monoisotopic (exact) mass is 1420 g/mol. The standard InChI is InChI=1S/C78H152O17P2/c1-9-71(8)57-49-41-36-37-43-51-59-76(81)89-65-74(95-77(82)60-52-44-34-28-22-16-15-19-25-31-39-47-55-69(4)5)67-93-97(86,87)91-63-72(79)62-90-96(84,85)92-66-73(94-78(83)61-53-45-35-29-23-17-20-26-32-40-48-56-70(6)7)64-88-75(80)58-50-42-33-27-21-14-12-10-11-13-18-24-30-38-46-54-68(2)3/h68-74,79H,9-67H2,1-8H3,(H,84,85)(H,86,87)/t71?,72-,73-,74-/m1/s1. The maximum absolute atomic E-state index is 13.1. The Bertz CT molecular complexity index is 1900. The number of phosphoric acid groups is 2. The van der Waals surface area contributed by atoms with E-state index >= 15 is 0 Å². The Morgan fingerprint density at radius 1 is 0.289 bits per heavy atom. The molecule has 3 unspecified atom stereocenters. The van der Waals surface area contributed by atoms with Crippen LogP contribution in [0, 0.1) is 23.7 Å². The van der Waals surface area contributed by atoms with Gasteiger partial charge in [-0.2, -0.15) is 0 Å². The molecule has 19 heteroatoms. The van der Waals surface area contributed by atoms with Gasteiger partial charge in [-0.05, 0) is 49.4 Å². The number of phosphoric ester groups is 2. The molecule has 0 fully saturated rings. The molecule has 0 saturated heterocycles. The minimum Gasteiger partial charge on any atom is -0.462 e. The van der Waals surface area contributed by atoms with Gasteiger partial charge in [0.25, 0.3) is 0 Å². The zero-order chi connectivity index (χ0) is 71.7. The molecule has 0 radical (unpaired) electrons. The van der Waals surface area contributed by atoms with Crippen LogP contribution in [0.5, 0.6) is 0 Å². The van der Waals surface area contributed by atoms with Crippen molar-refractivity contribution in [1.82, 2.24) is 0 Å². The molecule has 0 rings (SSSR count). The number of esters is 4. The van der Waals surface area contributed by atoms with Crippen LogP contribution >= 0.6 is 15.6 Å². The van der Waals surface area contributed by atoms with Gasteiger partial charge in [0.2, 0.25) is 0 Å². The minimum absolute atomic E-state index is 0.106. The highest BCUT2D eigenvalue weighted by Gasteiger charge is 2.30. The van der Waals surface area contributed by atoms with E-state index < -0.39 is 97.5 Å². The average molecular weight is 1420 g/mol. The summed E-state index contributed by atoms with van der Waals surface area (Å²) in [4.78, 5) is 72.9. The molecule has 0 aromatic rings. The Morgan fingerprint density at radius 2 is 0.495 bits per heavy atom. The van der Waals surface area contributed by atoms with E-state index in [2.05, 4.69) is 55.4 Å². The van der Waals surface area contributed by atoms with E-state index in [4.69, 9.17) is 37.0 Å². The maximum Gasteiger partial charge on any atom is 0.472 e. The van der Waals surface area contributed by atoms with Crippen molar-refractivity contribution < 1.29 is 80.2 Å². The van der Waals surface area contributed by atoms with Crippen LogP contribution in [0.25, 0.3) is 0 Å². The molecule has 0 spiro atoms. The van der Waals surface area contributed by atoms with Crippen LogP contribution in [0.15, 0.2) is 0 Å². The molecule has 576 valence electrons. The topological polar surface area (TPSA) is 237 Å². The van der Waals surface area contributed by atoms with Gasteiger partial charge in [-0.3, -0.25) is 37.3 Å². The smallest absolute Gasteiger partial charge is 0.462 e. The van der Waals surface area contributed by atoms with Crippen molar-refractivity contribution in [1.29, 1.82) is 0 Å². The first-order valence-electron chi connectivity index (χ1n) is 40.2. The molecule has 0 aliphatic carbocycles. The Morgan fingerprint density at radius 3 is 0.732 bits per heavy atom. The summed E-state index contributed by atoms with van der Waals surface area (Å²) < 4.78 is 68.6. The summed E-state index contributed by atoms with van der Waals surface area (Å²) in [6, 6.07) is 0. The molecule has 0 aliphatic rings. The molecule has 6 atom stereocenters. The molecule has 0 aliphatic heterocycles. The third kappa shape index (κ3) is 70.9. The van der Waals surface area contributed by atoms with Crippen molar-refractivity contribution in [2.45, 2.75) is 414 Å². The fourth-order valence-electron chi connectivity index (χ4n) is 11.9. The van der Waals surface area contributed by atoms with E-state index in [-0.39, 0.29) is 25.7 Å². The van der Waals surface area contributed by atoms with Crippen molar-refractivity contribution >= 4 is 39.5 Å². The maximum atomic E-state index is 13.1. The second kappa shape index (κ2) is 67.2. The quantitative estimate of drug-likeness (QED) is 0.0222. The first-order valence-corrected chi connectivity index (χ1v) is 43.2. The Kier molecular flexibility index (Phi) is 65.9. The first-order chi connectivity index (χ1) is 46.6. The fourth-order valence-corrected chi connectivity index (χ4v) is 13.5. The highest BCUT2D eigenvalue weighted by molar-refractivity contribution is 7.47. The van der Waals surface area contributed by atoms with E-state index in [1.807, 2.05) is 0 Å². The van der Waals surface area contributed by atoms with E-state index in [1.165, 1.54) is 193 Å². The van der Waals surface area contributed by atoms with Gasteiger partial charge in [0.05, 0.1) is 26.4 Å². The number of aliphatic hydroxyl groups excluding tert-OH is 1. The summed E-state index contributed by atoms with van der Waals surface area (Å²) >= 11 is 0. The Hall–Kier alpha value is -1.94.